The van der Waals surface area contributed by atoms with Crippen molar-refractivity contribution in [1.82, 2.24) is 25.4 Å². The average Bonchev–Trinajstić information content (AvgIpc) is 3.08. The third-order valence-electron chi connectivity index (χ3n) is 4.91. The second kappa shape index (κ2) is 9.13. The smallest absolute Gasteiger partial charge is 0.233 e. The van der Waals surface area contributed by atoms with Crippen molar-refractivity contribution in [3.63, 3.8) is 0 Å². The molecule has 0 saturated heterocycles. The summed E-state index contributed by atoms with van der Waals surface area (Å²) in [7, 11) is 0. The molecule has 0 bridgehead atoms. The molecule has 2 N–H and O–H groups in total. The summed E-state index contributed by atoms with van der Waals surface area (Å²) >= 11 is 0. The van der Waals surface area contributed by atoms with Crippen LogP contribution in [-0.4, -0.2) is 52.5 Å². The first kappa shape index (κ1) is 17.4. The van der Waals surface area contributed by atoms with Gasteiger partial charge in [0.25, 0.3) is 0 Å². The third-order valence-corrected chi connectivity index (χ3v) is 4.91. The van der Waals surface area contributed by atoms with Gasteiger partial charge in [-0.15, -0.1) is 0 Å². The Hall–Kier alpha value is -1.47. The van der Waals surface area contributed by atoms with Gasteiger partial charge in [0.15, 0.2) is 0 Å². The van der Waals surface area contributed by atoms with Crippen LogP contribution < -0.4 is 10.6 Å². The van der Waals surface area contributed by atoms with Gasteiger partial charge in [0, 0.05) is 25.6 Å². The van der Waals surface area contributed by atoms with Crippen molar-refractivity contribution in [2.24, 2.45) is 0 Å². The molecule has 1 aromatic rings. The van der Waals surface area contributed by atoms with Crippen LogP contribution in [0.15, 0.2) is 6.33 Å². The molecule has 0 radical (unpaired) electrons. The Morgan fingerprint density at radius 2 is 2.17 bits per heavy atom. The van der Waals surface area contributed by atoms with Gasteiger partial charge < -0.3 is 15.4 Å². The molecule has 3 rings (SSSR count). The minimum absolute atomic E-state index is 0.0528. The highest BCUT2D eigenvalue weighted by molar-refractivity contribution is 5.77. The number of aromatic nitrogens is 3. The highest BCUT2D eigenvalue weighted by Crippen LogP contribution is 2.20. The van der Waals surface area contributed by atoms with E-state index in [1.165, 1.54) is 32.1 Å². The van der Waals surface area contributed by atoms with E-state index in [-0.39, 0.29) is 5.91 Å². The Kier molecular flexibility index (Phi) is 6.60. The fourth-order valence-corrected chi connectivity index (χ4v) is 3.49. The van der Waals surface area contributed by atoms with Crippen molar-refractivity contribution >= 4 is 5.91 Å². The fourth-order valence-electron chi connectivity index (χ4n) is 3.49. The van der Waals surface area contributed by atoms with E-state index in [1.54, 1.807) is 6.33 Å². The van der Waals surface area contributed by atoms with Crippen molar-refractivity contribution in [2.45, 2.75) is 70.1 Å². The van der Waals surface area contributed by atoms with Gasteiger partial charge in [0.2, 0.25) is 5.91 Å². The van der Waals surface area contributed by atoms with Crippen LogP contribution in [0.3, 0.4) is 0 Å². The summed E-state index contributed by atoms with van der Waals surface area (Å²) in [6.45, 7) is 2.58. The number of nitrogens with zero attached hydrogens (tertiary/aromatic N) is 3. The minimum atomic E-state index is 0.0528. The first-order valence-electron chi connectivity index (χ1n) is 9.29. The molecule has 1 saturated carbocycles. The van der Waals surface area contributed by atoms with Gasteiger partial charge in [0.05, 0.1) is 19.2 Å². The van der Waals surface area contributed by atoms with Gasteiger partial charge in [-0.2, -0.15) is 5.10 Å². The van der Waals surface area contributed by atoms with Crippen LogP contribution in [-0.2, 0) is 22.5 Å². The van der Waals surface area contributed by atoms with E-state index in [1.807, 2.05) is 4.68 Å². The minimum Gasteiger partial charge on any atom is -0.378 e. The van der Waals surface area contributed by atoms with E-state index in [4.69, 9.17) is 4.74 Å². The molecule has 7 nitrogen and oxygen atoms in total. The Morgan fingerprint density at radius 1 is 1.29 bits per heavy atom. The number of fused-ring (bicyclic) bond motifs is 1. The molecule has 1 fully saturated rings. The monoisotopic (exact) mass is 335 g/mol. The number of hydrogen-bond donors (Lipinski definition) is 2. The molecule has 2 heterocycles. The molecule has 24 heavy (non-hydrogen) atoms. The van der Waals surface area contributed by atoms with Crippen molar-refractivity contribution < 1.29 is 9.53 Å². The zero-order valence-corrected chi connectivity index (χ0v) is 14.4. The number of hydrogen-bond acceptors (Lipinski definition) is 5. The van der Waals surface area contributed by atoms with Crippen LogP contribution in [0.1, 0.15) is 50.8 Å². The maximum atomic E-state index is 11.9. The molecule has 1 aliphatic carbocycles. The molecule has 1 atom stereocenters. The molecule has 1 unspecified atom stereocenters. The zero-order valence-electron chi connectivity index (χ0n) is 14.4. The highest BCUT2D eigenvalue weighted by atomic mass is 16.5. The Bertz CT molecular complexity index is 513. The van der Waals surface area contributed by atoms with Crippen LogP contribution in [0.5, 0.6) is 0 Å². The van der Waals surface area contributed by atoms with E-state index < -0.39 is 0 Å². The maximum absolute atomic E-state index is 11.9. The summed E-state index contributed by atoms with van der Waals surface area (Å²) in [5, 5.41) is 10.5. The lowest BCUT2D eigenvalue weighted by molar-refractivity contribution is -0.120. The lowest BCUT2D eigenvalue weighted by atomic mass is 9.98. The largest absolute Gasteiger partial charge is 0.378 e. The maximum Gasteiger partial charge on any atom is 0.233 e. The number of carbonyl (C=O) groups is 1. The van der Waals surface area contributed by atoms with Crippen LogP contribution >= 0.6 is 0 Å². The number of rotatable bonds is 8. The van der Waals surface area contributed by atoms with E-state index in [0.717, 1.165) is 38.2 Å². The number of aryl methyl sites for hydroxylation is 1. The number of nitrogens with one attached hydrogen (secondary N) is 2. The summed E-state index contributed by atoms with van der Waals surface area (Å²) in [4.78, 5) is 16.1. The molecule has 2 aliphatic rings. The van der Waals surface area contributed by atoms with Crippen LogP contribution in [0, 0.1) is 0 Å². The Morgan fingerprint density at radius 3 is 3.04 bits per heavy atom. The van der Waals surface area contributed by atoms with Crippen LogP contribution in [0.4, 0.5) is 0 Å². The standard InChI is InChI=1S/C17H29N5O2/c23-17(18-9-4-10-24-15-5-2-1-3-6-15)11-19-14-7-8-16-20-13-21-22(16)12-14/h13-15,19H,1-12H2,(H,18,23). The van der Waals surface area contributed by atoms with Crippen molar-refractivity contribution in [3.8, 4) is 0 Å². The van der Waals surface area contributed by atoms with Crippen LogP contribution in [0.25, 0.3) is 0 Å². The summed E-state index contributed by atoms with van der Waals surface area (Å²) in [6, 6.07) is 0.291. The van der Waals surface area contributed by atoms with Crippen LogP contribution in [0.2, 0.25) is 0 Å². The Balaban J connectivity index is 1.21. The number of amides is 1. The molecule has 1 aliphatic heterocycles. The molecule has 1 aromatic heterocycles. The predicted octanol–water partition coefficient (Wildman–Crippen LogP) is 1.04. The zero-order chi connectivity index (χ0) is 16.6. The van der Waals surface area contributed by atoms with E-state index >= 15 is 0 Å². The van der Waals surface area contributed by atoms with Gasteiger partial charge in [-0.05, 0) is 25.7 Å². The fraction of sp³-hybridized carbons (Fsp3) is 0.824. The molecule has 0 aromatic carbocycles. The van der Waals surface area contributed by atoms with Gasteiger partial charge in [-0.3, -0.25) is 4.79 Å². The quantitative estimate of drug-likeness (QED) is 0.694. The van der Waals surface area contributed by atoms with E-state index in [9.17, 15) is 4.79 Å². The third kappa shape index (κ3) is 5.27. The summed E-state index contributed by atoms with van der Waals surface area (Å²) < 4.78 is 7.78. The van der Waals surface area contributed by atoms with Gasteiger partial charge in [-0.1, -0.05) is 19.3 Å². The summed E-state index contributed by atoms with van der Waals surface area (Å²) in [6.07, 6.45) is 11.2. The van der Waals surface area contributed by atoms with Crippen molar-refractivity contribution in [3.05, 3.63) is 12.2 Å². The SMILES string of the molecule is O=C(CNC1CCc2ncnn2C1)NCCCOC1CCCCC1. The summed E-state index contributed by atoms with van der Waals surface area (Å²) in [5.74, 6) is 1.09. The highest BCUT2D eigenvalue weighted by Gasteiger charge is 2.19. The first-order valence-corrected chi connectivity index (χ1v) is 9.29. The van der Waals surface area contributed by atoms with Gasteiger partial charge >= 0.3 is 0 Å². The van der Waals surface area contributed by atoms with Gasteiger partial charge in [0.1, 0.15) is 12.2 Å². The predicted molar refractivity (Wildman–Crippen MR) is 90.6 cm³/mol. The average molecular weight is 335 g/mol. The van der Waals surface area contributed by atoms with E-state index in [0.29, 0.717) is 25.2 Å². The number of ether oxygens (including phenoxy) is 1. The Labute approximate surface area is 143 Å². The lowest BCUT2D eigenvalue weighted by Crippen LogP contribution is -2.43. The van der Waals surface area contributed by atoms with Crippen molar-refractivity contribution in [1.29, 1.82) is 0 Å². The number of carbonyl (C=O) groups excluding carboxylic acids is 1. The summed E-state index contributed by atoms with van der Waals surface area (Å²) in [5.41, 5.74) is 0. The topological polar surface area (TPSA) is 81.1 Å². The first-order chi connectivity index (χ1) is 11.8. The van der Waals surface area contributed by atoms with Gasteiger partial charge in [-0.25, -0.2) is 9.67 Å². The lowest BCUT2D eigenvalue weighted by Gasteiger charge is -2.23. The second-order valence-corrected chi connectivity index (χ2v) is 6.81. The molecule has 0 spiro atoms. The second-order valence-electron chi connectivity index (χ2n) is 6.81. The van der Waals surface area contributed by atoms with Crippen molar-refractivity contribution in [2.75, 3.05) is 19.7 Å². The molecule has 7 heteroatoms. The molecular weight excluding hydrogens is 306 g/mol. The molecule has 1 amide bonds. The molecular formula is C17H29N5O2. The molecule has 134 valence electrons. The van der Waals surface area contributed by atoms with E-state index in [2.05, 4.69) is 20.7 Å². The normalized spacial score (nSPS) is 21.4.